The van der Waals surface area contributed by atoms with Gasteiger partial charge in [0, 0.05) is 32.7 Å². The van der Waals surface area contributed by atoms with E-state index in [1.54, 1.807) is 0 Å². The molecule has 6 heteroatoms. The molecule has 4 atom stereocenters. The minimum Gasteiger partial charge on any atom is -0.350 e. The number of hydrogen-bond donors (Lipinski definition) is 0. The van der Waals surface area contributed by atoms with E-state index in [9.17, 15) is 13.2 Å². The van der Waals surface area contributed by atoms with E-state index in [0.29, 0.717) is 38.0 Å². The lowest BCUT2D eigenvalue weighted by atomic mass is 9.75. The minimum atomic E-state index is -4.37. The average molecular weight is 413 g/mol. The van der Waals surface area contributed by atoms with Crippen LogP contribution in [-0.2, 0) is 11.3 Å². The molecule has 1 heterocycles. The van der Waals surface area contributed by atoms with E-state index in [1.165, 1.54) is 10.5 Å². The molecule has 3 nitrogen and oxygen atoms in total. The van der Waals surface area contributed by atoms with Gasteiger partial charge in [0.2, 0.25) is 6.23 Å². The lowest BCUT2D eigenvalue weighted by Gasteiger charge is -2.44. The summed E-state index contributed by atoms with van der Waals surface area (Å²) in [7, 11) is 0. The van der Waals surface area contributed by atoms with Crippen LogP contribution in [0, 0.1) is 17.8 Å². The van der Waals surface area contributed by atoms with Gasteiger partial charge in [-0.15, -0.1) is 0 Å². The predicted molar refractivity (Wildman–Crippen MR) is 109 cm³/mol. The van der Waals surface area contributed by atoms with Gasteiger partial charge < -0.3 is 4.74 Å². The molecule has 0 spiro atoms. The van der Waals surface area contributed by atoms with Crippen molar-refractivity contribution in [1.29, 1.82) is 0 Å². The molecule has 2 aliphatic rings. The summed E-state index contributed by atoms with van der Waals surface area (Å²) in [5.74, 6) is 0.964. The number of alkyl halides is 3. The maximum Gasteiger partial charge on any atom is 0.428 e. The summed E-state index contributed by atoms with van der Waals surface area (Å²) in [5.41, 5.74) is 1.19. The molecule has 1 aliphatic heterocycles. The molecule has 3 rings (SSSR count). The fourth-order valence-corrected chi connectivity index (χ4v) is 4.80. The van der Waals surface area contributed by atoms with Crippen molar-refractivity contribution in [1.82, 2.24) is 9.80 Å². The Labute approximate surface area is 173 Å². The van der Waals surface area contributed by atoms with Crippen molar-refractivity contribution >= 4 is 0 Å². The third-order valence-corrected chi connectivity index (χ3v) is 6.53. The van der Waals surface area contributed by atoms with Crippen LogP contribution in [0.15, 0.2) is 30.3 Å². The molecule has 1 aliphatic carbocycles. The molecular formula is C23H35F3N2O. The highest BCUT2D eigenvalue weighted by molar-refractivity contribution is 5.14. The van der Waals surface area contributed by atoms with E-state index in [-0.39, 0.29) is 12.0 Å². The highest BCUT2D eigenvalue weighted by atomic mass is 19.4. The quantitative estimate of drug-likeness (QED) is 0.641. The van der Waals surface area contributed by atoms with Crippen LogP contribution in [0.5, 0.6) is 0 Å². The second-order valence-electron chi connectivity index (χ2n) is 9.19. The zero-order valence-corrected chi connectivity index (χ0v) is 17.9. The summed E-state index contributed by atoms with van der Waals surface area (Å²) in [6.45, 7) is 9.11. The zero-order chi connectivity index (χ0) is 21.0. The van der Waals surface area contributed by atoms with E-state index in [0.717, 1.165) is 25.8 Å². The second-order valence-corrected chi connectivity index (χ2v) is 9.19. The first-order valence-electron chi connectivity index (χ1n) is 11.0. The van der Waals surface area contributed by atoms with E-state index >= 15 is 0 Å². The number of nitrogens with zero attached hydrogens (tertiary/aromatic N) is 2. The summed E-state index contributed by atoms with van der Waals surface area (Å²) in [6, 6.07) is 10.1. The van der Waals surface area contributed by atoms with Gasteiger partial charge in [-0.1, -0.05) is 57.5 Å². The number of halogens is 3. The van der Waals surface area contributed by atoms with Gasteiger partial charge in [-0.2, -0.15) is 13.2 Å². The van der Waals surface area contributed by atoms with Crippen LogP contribution in [0.25, 0.3) is 0 Å². The van der Waals surface area contributed by atoms with Gasteiger partial charge in [0.25, 0.3) is 0 Å². The first-order chi connectivity index (χ1) is 13.7. The van der Waals surface area contributed by atoms with Gasteiger partial charge in [0.15, 0.2) is 0 Å². The van der Waals surface area contributed by atoms with Crippen molar-refractivity contribution in [2.24, 2.45) is 17.8 Å². The molecule has 2 fully saturated rings. The van der Waals surface area contributed by atoms with E-state index in [4.69, 9.17) is 4.74 Å². The van der Waals surface area contributed by atoms with Crippen molar-refractivity contribution in [3.05, 3.63) is 35.9 Å². The Kier molecular flexibility index (Phi) is 7.63. The van der Waals surface area contributed by atoms with Gasteiger partial charge in [0.05, 0.1) is 6.10 Å². The molecule has 1 unspecified atom stereocenters. The summed E-state index contributed by atoms with van der Waals surface area (Å²) < 4.78 is 47.7. The Morgan fingerprint density at radius 1 is 1.03 bits per heavy atom. The van der Waals surface area contributed by atoms with Crippen molar-refractivity contribution in [2.45, 2.75) is 65.1 Å². The Morgan fingerprint density at radius 3 is 2.28 bits per heavy atom. The molecule has 1 aromatic rings. The van der Waals surface area contributed by atoms with E-state index in [2.05, 4.69) is 37.8 Å². The Bertz CT molecular complexity index is 614. The van der Waals surface area contributed by atoms with Crippen LogP contribution < -0.4 is 0 Å². The lowest BCUT2D eigenvalue weighted by molar-refractivity contribution is -0.291. The smallest absolute Gasteiger partial charge is 0.350 e. The number of piperazine rings is 1. The van der Waals surface area contributed by atoms with Crippen LogP contribution in [0.4, 0.5) is 13.2 Å². The van der Waals surface area contributed by atoms with E-state index in [1.807, 2.05) is 18.2 Å². The van der Waals surface area contributed by atoms with Crippen molar-refractivity contribution < 1.29 is 17.9 Å². The minimum absolute atomic E-state index is 0.204. The monoisotopic (exact) mass is 412 g/mol. The molecule has 1 saturated carbocycles. The van der Waals surface area contributed by atoms with Crippen molar-refractivity contribution in [3.63, 3.8) is 0 Å². The molecular weight excluding hydrogens is 377 g/mol. The normalized spacial score (nSPS) is 28.6. The third kappa shape index (κ3) is 6.19. The molecule has 1 saturated heterocycles. The van der Waals surface area contributed by atoms with E-state index < -0.39 is 12.4 Å². The molecule has 0 N–H and O–H groups in total. The molecule has 0 aromatic heterocycles. The summed E-state index contributed by atoms with van der Waals surface area (Å²) in [4.78, 5) is 3.72. The van der Waals surface area contributed by atoms with Gasteiger partial charge in [-0.3, -0.25) is 9.80 Å². The molecule has 29 heavy (non-hydrogen) atoms. The SMILES string of the molecule is CC(C)[C@@H]1CC[C@@H](C)C[C@H]1OC(N1CCN(Cc2ccccc2)CC1)C(F)(F)F. The van der Waals surface area contributed by atoms with Crippen molar-refractivity contribution in [3.8, 4) is 0 Å². The van der Waals surface area contributed by atoms with Crippen molar-refractivity contribution in [2.75, 3.05) is 26.2 Å². The topological polar surface area (TPSA) is 15.7 Å². The second kappa shape index (κ2) is 9.80. The third-order valence-electron chi connectivity index (χ3n) is 6.53. The number of ether oxygens (including phenoxy) is 1. The van der Waals surface area contributed by atoms with Crippen LogP contribution in [0.1, 0.15) is 45.6 Å². The molecule has 1 aromatic carbocycles. The van der Waals surface area contributed by atoms with Crippen LogP contribution in [-0.4, -0.2) is 54.5 Å². The van der Waals surface area contributed by atoms with Crippen LogP contribution in [0.3, 0.4) is 0 Å². The highest BCUT2D eigenvalue weighted by Crippen LogP contribution is 2.38. The average Bonchev–Trinajstić information content (AvgIpc) is 2.67. The molecule has 0 radical (unpaired) electrons. The highest BCUT2D eigenvalue weighted by Gasteiger charge is 2.48. The Morgan fingerprint density at radius 2 is 1.69 bits per heavy atom. The summed E-state index contributed by atoms with van der Waals surface area (Å²) in [5, 5.41) is 0. The maximum atomic E-state index is 13.9. The number of hydrogen-bond acceptors (Lipinski definition) is 3. The fourth-order valence-electron chi connectivity index (χ4n) is 4.80. The summed E-state index contributed by atoms with van der Waals surface area (Å²) >= 11 is 0. The molecule has 0 bridgehead atoms. The number of benzene rings is 1. The lowest BCUT2D eigenvalue weighted by Crippen LogP contribution is -2.57. The Hall–Kier alpha value is -1.11. The largest absolute Gasteiger partial charge is 0.428 e. The standard InChI is InChI=1S/C23H35F3N2O/c1-17(2)20-10-9-18(3)15-21(20)29-22(23(24,25)26)28-13-11-27(12-14-28)16-19-7-5-4-6-8-19/h4-8,17-18,20-22H,9-16H2,1-3H3/t18-,20+,21-,22?/m1/s1. The Balaban J connectivity index is 1.62. The molecule has 164 valence electrons. The fraction of sp³-hybridized carbons (Fsp3) is 0.739. The zero-order valence-electron chi connectivity index (χ0n) is 17.9. The van der Waals surface area contributed by atoms with Crippen LogP contribution in [0.2, 0.25) is 0 Å². The van der Waals surface area contributed by atoms with Crippen LogP contribution >= 0.6 is 0 Å². The van der Waals surface area contributed by atoms with Gasteiger partial charge >= 0.3 is 6.18 Å². The number of rotatable bonds is 6. The maximum absolute atomic E-state index is 13.9. The summed E-state index contributed by atoms with van der Waals surface area (Å²) in [6.07, 6.45) is -3.71. The van der Waals surface area contributed by atoms with Gasteiger partial charge in [-0.05, 0) is 36.2 Å². The first-order valence-corrected chi connectivity index (χ1v) is 11.0. The van der Waals surface area contributed by atoms with Gasteiger partial charge in [-0.25, -0.2) is 0 Å². The molecule has 0 amide bonds. The predicted octanol–water partition coefficient (Wildman–Crippen LogP) is 5.17. The van der Waals surface area contributed by atoms with Gasteiger partial charge in [0.1, 0.15) is 0 Å². The first kappa shape index (κ1) is 22.6.